The number of nitrogens with two attached hydrogens (primary N) is 1. The molecule has 1 aliphatic heterocycles. The van der Waals surface area contributed by atoms with Crippen LogP contribution in [0, 0.1) is 6.07 Å². The van der Waals surface area contributed by atoms with Crippen molar-refractivity contribution in [3.05, 3.63) is 64.1 Å². The maximum absolute atomic E-state index is 12.2. The predicted molar refractivity (Wildman–Crippen MR) is 96.6 cm³/mol. The van der Waals surface area contributed by atoms with E-state index in [1.165, 1.54) is 11.8 Å². The number of primary amides is 1. The summed E-state index contributed by atoms with van der Waals surface area (Å²) in [5, 5.41) is 0. The van der Waals surface area contributed by atoms with Crippen molar-refractivity contribution in [2.24, 2.45) is 5.73 Å². The van der Waals surface area contributed by atoms with E-state index >= 15 is 0 Å². The standard InChI is InChI=1S/C19H18BrN2O2/c1-12(23)22-16-6-4-3-5-15(16)19(2,11-17(22)18(21)24)13-7-9-14(20)10-8-13/h4-10,17H,11H2,1-2H3,(H2,21,24). The third-order valence-corrected chi connectivity index (χ3v) is 5.29. The van der Waals surface area contributed by atoms with Gasteiger partial charge in [0, 0.05) is 22.5 Å². The molecule has 0 saturated carbocycles. The zero-order valence-electron chi connectivity index (χ0n) is 13.5. The first-order valence-corrected chi connectivity index (χ1v) is 8.49. The lowest BCUT2D eigenvalue weighted by atomic mass is 9.68. The van der Waals surface area contributed by atoms with Crippen molar-refractivity contribution in [1.82, 2.24) is 0 Å². The second kappa shape index (κ2) is 6.06. The van der Waals surface area contributed by atoms with Gasteiger partial charge in [-0.2, -0.15) is 0 Å². The Morgan fingerprint density at radius 2 is 1.96 bits per heavy atom. The minimum Gasteiger partial charge on any atom is -0.368 e. The lowest BCUT2D eigenvalue weighted by molar-refractivity contribution is -0.124. The summed E-state index contributed by atoms with van der Waals surface area (Å²) in [5.74, 6) is -0.684. The number of benzene rings is 2. The number of carbonyl (C=O) groups is 2. The minimum atomic E-state index is -0.675. The van der Waals surface area contributed by atoms with E-state index in [1.807, 2.05) is 36.4 Å². The van der Waals surface area contributed by atoms with Crippen molar-refractivity contribution in [2.75, 3.05) is 4.90 Å². The topological polar surface area (TPSA) is 63.4 Å². The van der Waals surface area contributed by atoms with Crippen LogP contribution in [-0.4, -0.2) is 17.9 Å². The number of anilines is 1. The average Bonchev–Trinajstić information content (AvgIpc) is 2.54. The van der Waals surface area contributed by atoms with Crippen LogP contribution in [0.3, 0.4) is 0 Å². The molecule has 4 nitrogen and oxygen atoms in total. The van der Waals surface area contributed by atoms with E-state index in [1.54, 1.807) is 6.07 Å². The lowest BCUT2D eigenvalue weighted by Gasteiger charge is -2.45. The smallest absolute Gasteiger partial charge is 0.240 e. The molecular weight excluding hydrogens is 368 g/mol. The highest BCUT2D eigenvalue weighted by Crippen LogP contribution is 2.46. The fourth-order valence-electron chi connectivity index (χ4n) is 3.54. The number of nitrogens with zero attached hydrogens (tertiary/aromatic N) is 1. The molecule has 1 heterocycles. The highest BCUT2D eigenvalue weighted by molar-refractivity contribution is 9.10. The Labute approximate surface area is 149 Å². The maximum Gasteiger partial charge on any atom is 0.240 e. The Bertz CT molecular complexity index is 803. The Balaban J connectivity index is 2.24. The number of rotatable bonds is 2. The summed E-state index contributed by atoms with van der Waals surface area (Å²) < 4.78 is 0.988. The van der Waals surface area contributed by atoms with Gasteiger partial charge >= 0.3 is 0 Å². The lowest BCUT2D eigenvalue weighted by Crippen LogP contribution is -2.54. The number of amides is 2. The Morgan fingerprint density at radius 1 is 1.29 bits per heavy atom. The Morgan fingerprint density at radius 3 is 2.54 bits per heavy atom. The summed E-state index contributed by atoms with van der Waals surface area (Å²) >= 11 is 3.45. The SMILES string of the molecule is CC(=O)N1c2cc[c]cc2C(C)(c2ccc(Br)cc2)CC1C(N)=O. The van der Waals surface area contributed by atoms with Crippen LogP contribution in [0.25, 0.3) is 0 Å². The van der Waals surface area contributed by atoms with Gasteiger partial charge in [0.25, 0.3) is 0 Å². The molecule has 0 spiro atoms. The molecule has 0 aromatic heterocycles. The molecular formula is C19H18BrN2O2. The monoisotopic (exact) mass is 385 g/mol. The molecule has 0 bridgehead atoms. The van der Waals surface area contributed by atoms with Gasteiger partial charge in [0.1, 0.15) is 6.04 Å². The molecule has 2 aromatic rings. The summed E-state index contributed by atoms with van der Waals surface area (Å²) in [6.07, 6.45) is 0.439. The molecule has 3 rings (SSSR count). The maximum atomic E-state index is 12.2. The van der Waals surface area contributed by atoms with E-state index in [4.69, 9.17) is 5.73 Å². The van der Waals surface area contributed by atoms with Crippen LogP contribution in [0.2, 0.25) is 0 Å². The molecule has 2 unspecified atom stereocenters. The Kier molecular flexibility index (Phi) is 4.22. The van der Waals surface area contributed by atoms with Gasteiger partial charge in [-0.1, -0.05) is 41.1 Å². The molecule has 0 aliphatic carbocycles. The molecule has 0 saturated heterocycles. The van der Waals surface area contributed by atoms with Gasteiger partial charge in [0.2, 0.25) is 11.8 Å². The fraction of sp³-hybridized carbons (Fsp3) is 0.263. The minimum absolute atomic E-state index is 0.191. The van der Waals surface area contributed by atoms with Crippen LogP contribution in [0.5, 0.6) is 0 Å². The van der Waals surface area contributed by atoms with Crippen molar-refractivity contribution in [3.63, 3.8) is 0 Å². The molecule has 1 radical (unpaired) electrons. The average molecular weight is 386 g/mol. The predicted octanol–water partition coefficient (Wildman–Crippen LogP) is 3.17. The van der Waals surface area contributed by atoms with Crippen LogP contribution in [-0.2, 0) is 15.0 Å². The molecule has 5 heteroatoms. The van der Waals surface area contributed by atoms with Gasteiger partial charge in [-0.05, 0) is 47.9 Å². The molecule has 2 atom stereocenters. The van der Waals surface area contributed by atoms with Gasteiger partial charge in [-0.25, -0.2) is 0 Å². The van der Waals surface area contributed by atoms with Gasteiger partial charge in [-0.15, -0.1) is 0 Å². The third-order valence-electron chi connectivity index (χ3n) is 4.76. The first-order chi connectivity index (χ1) is 11.3. The van der Waals surface area contributed by atoms with E-state index in [2.05, 4.69) is 28.9 Å². The molecule has 123 valence electrons. The van der Waals surface area contributed by atoms with E-state index in [0.29, 0.717) is 6.42 Å². The van der Waals surface area contributed by atoms with E-state index in [9.17, 15) is 9.59 Å². The van der Waals surface area contributed by atoms with Crippen LogP contribution in [0.15, 0.2) is 46.9 Å². The number of carbonyl (C=O) groups excluding carboxylic acids is 2. The van der Waals surface area contributed by atoms with Gasteiger partial charge in [0.15, 0.2) is 0 Å². The Hall–Kier alpha value is -2.14. The molecule has 2 N–H and O–H groups in total. The summed E-state index contributed by atoms with van der Waals surface area (Å²) in [6.45, 7) is 3.54. The van der Waals surface area contributed by atoms with Crippen molar-refractivity contribution in [3.8, 4) is 0 Å². The normalized spacial score (nSPS) is 22.8. The second-order valence-corrected chi connectivity index (χ2v) is 7.21. The zero-order valence-corrected chi connectivity index (χ0v) is 15.1. The molecule has 2 aromatic carbocycles. The highest BCUT2D eigenvalue weighted by atomic mass is 79.9. The van der Waals surface area contributed by atoms with E-state index < -0.39 is 17.4 Å². The fourth-order valence-corrected chi connectivity index (χ4v) is 3.80. The van der Waals surface area contributed by atoms with Gasteiger partial charge in [-0.3, -0.25) is 14.5 Å². The molecule has 24 heavy (non-hydrogen) atoms. The van der Waals surface area contributed by atoms with Crippen molar-refractivity contribution >= 4 is 33.4 Å². The molecule has 1 aliphatic rings. The van der Waals surface area contributed by atoms with Crippen LogP contribution in [0.4, 0.5) is 5.69 Å². The van der Waals surface area contributed by atoms with Gasteiger partial charge in [0.05, 0.1) is 0 Å². The first-order valence-electron chi connectivity index (χ1n) is 7.70. The number of hydrogen-bond donors (Lipinski definition) is 1. The summed E-state index contributed by atoms with van der Waals surface area (Å²) in [7, 11) is 0. The molecule has 0 fully saturated rings. The zero-order chi connectivity index (χ0) is 17.5. The van der Waals surface area contributed by atoms with E-state index in [0.717, 1.165) is 21.3 Å². The quantitative estimate of drug-likeness (QED) is 0.862. The largest absolute Gasteiger partial charge is 0.368 e. The van der Waals surface area contributed by atoms with Crippen LogP contribution >= 0.6 is 15.9 Å². The second-order valence-electron chi connectivity index (χ2n) is 6.29. The number of hydrogen-bond acceptors (Lipinski definition) is 2. The first kappa shape index (κ1) is 16.7. The van der Waals surface area contributed by atoms with Crippen molar-refractivity contribution < 1.29 is 9.59 Å². The summed E-state index contributed by atoms with van der Waals surface area (Å²) in [5.41, 5.74) is 7.96. The molecule has 2 amide bonds. The number of fused-ring (bicyclic) bond motifs is 1. The highest BCUT2D eigenvalue weighted by Gasteiger charge is 2.44. The summed E-state index contributed by atoms with van der Waals surface area (Å²) in [6, 6.07) is 15.9. The van der Waals surface area contributed by atoms with Crippen molar-refractivity contribution in [2.45, 2.75) is 31.7 Å². The third kappa shape index (κ3) is 2.63. The van der Waals surface area contributed by atoms with Crippen LogP contribution < -0.4 is 10.6 Å². The van der Waals surface area contributed by atoms with Gasteiger partial charge < -0.3 is 5.73 Å². The van der Waals surface area contributed by atoms with Crippen LogP contribution in [0.1, 0.15) is 31.4 Å². The number of halogens is 1. The van der Waals surface area contributed by atoms with E-state index in [-0.39, 0.29) is 5.91 Å². The summed E-state index contributed by atoms with van der Waals surface area (Å²) in [4.78, 5) is 25.7. The van der Waals surface area contributed by atoms with Crippen molar-refractivity contribution in [1.29, 1.82) is 0 Å².